The summed E-state index contributed by atoms with van der Waals surface area (Å²) in [6, 6.07) is 5.18. The van der Waals surface area contributed by atoms with Crippen molar-refractivity contribution in [2.45, 2.75) is 25.8 Å². The monoisotopic (exact) mass is 300 g/mol. The lowest BCUT2D eigenvalue weighted by atomic mass is 9.93. The van der Waals surface area contributed by atoms with Crippen LogP contribution in [0.5, 0.6) is 0 Å². The van der Waals surface area contributed by atoms with Crippen LogP contribution >= 0.6 is 23.2 Å². The second kappa shape index (κ2) is 6.12. The van der Waals surface area contributed by atoms with Gasteiger partial charge in [0.25, 0.3) is 5.91 Å². The highest BCUT2D eigenvalue weighted by Gasteiger charge is 2.29. The number of nitrogens with two attached hydrogens (primary N) is 1. The van der Waals surface area contributed by atoms with Gasteiger partial charge in [-0.25, -0.2) is 0 Å². The Bertz CT molecular complexity index is 458. The molecule has 1 aromatic rings. The standard InChI is InChI=1S/C14H18Cl2N2O/c1-9-2-3-10(7-17)8-18(9)14(19)11-4-12(15)6-13(16)5-11/h4-6,9-10H,2-3,7-8,17H2,1H3. The number of hydrogen-bond donors (Lipinski definition) is 1. The first-order chi connectivity index (χ1) is 9.01. The maximum absolute atomic E-state index is 12.5. The van der Waals surface area contributed by atoms with Crippen molar-refractivity contribution in [3.05, 3.63) is 33.8 Å². The Morgan fingerprint density at radius 1 is 1.32 bits per heavy atom. The Hall–Kier alpha value is -0.770. The van der Waals surface area contributed by atoms with Gasteiger partial charge in [-0.05, 0) is 50.4 Å². The molecule has 2 rings (SSSR count). The van der Waals surface area contributed by atoms with E-state index in [4.69, 9.17) is 28.9 Å². The van der Waals surface area contributed by atoms with Crippen LogP contribution < -0.4 is 5.73 Å². The summed E-state index contributed by atoms with van der Waals surface area (Å²) in [5.74, 6) is 0.366. The molecule has 2 N–H and O–H groups in total. The molecule has 1 aliphatic rings. The molecule has 19 heavy (non-hydrogen) atoms. The summed E-state index contributed by atoms with van der Waals surface area (Å²) in [6.45, 7) is 3.39. The van der Waals surface area contributed by atoms with Gasteiger partial charge >= 0.3 is 0 Å². The molecular formula is C14H18Cl2N2O. The van der Waals surface area contributed by atoms with Gasteiger partial charge < -0.3 is 10.6 Å². The zero-order valence-electron chi connectivity index (χ0n) is 10.9. The van der Waals surface area contributed by atoms with Crippen LogP contribution in [0, 0.1) is 5.92 Å². The van der Waals surface area contributed by atoms with E-state index in [0.29, 0.717) is 34.6 Å². The minimum Gasteiger partial charge on any atom is -0.336 e. The van der Waals surface area contributed by atoms with Crippen LogP contribution in [0.1, 0.15) is 30.1 Å². The highest BCUT2D eigenvalue weighted by Crippen LogP contribution is 2.25. The fourth-order valence-corrected chi connectivity index (χ4v) is 3.03. The van der Waals surface area contributed by atoms with E-state index in [1.165, 1.54) is 0 Å². The maximum atomic E-state index is 12.5. The van der Waals surface area contributed by atoms with Crippen LogP contribution in [0.15, 0.2) is 18.2 Å². The zero-order valence-corrected chi connectivity index (χ0v) is 12.4. The van der Waals surface area contributed by atoms with Crippen LogP contribution in [0.2, 0.25) is 10.0 Å². The van der Waals surface area contributed by atoms with E-state index in [9.17, 15) is 4.79 Å². The molecule has 0 saturated carbocycles. The van der Waals surface area contributed by atoms with Gasteiger partial charge in [0.1, 0.15) is 0 Å². The number of piperidine rings is 1. The van der Waals surface area contributed by atoms with Crippen molar-refractivity contribution < 1.29 is 4.79 Å². The second-order valence-corrected chi connectivity index (χ2v) is 6.02. The molecule has 1 fully saturated rings. The van der Waals surface area contributed by atoms with Gasteiger partial charge in [0.2, 0.25) is 0 Å². The Morgan fingerprint density at radius 2 is 1.95 bits per heavy atom. The molecule has 5 heteroatoms. The predicted octanol–water partition coefficient (Wildman–Crippen LogP) is 3.19. The Balaban J connectivity index is 2.21. The SMILES string of the molecule is CC1CCC(CN)CN1C(=O)c1cc(Cl)cc(Cl)c1. The van der Waals surface area contributed by atoms with Crippen LogP contribution in [-0.4, -0.2) is 29.9 Å². The average molecular weight is 301 g/mol. The van der Waals surface area contributed by atoms with E-state index in [-0.39, 0.29) is 11.9 Å². The number of amides is 1. The number of carbonyl (C=O) groups excluding carboxylic acids is 1. The first-order valence-electron chi connectivity index (χ1n) is 6.48. The fraction of sp³-hybridized carbons (Fsp3) is 0.500. The summed E-state index contributed by atoms with van der Waals surface area (Å²) in [5, 5.41) is 0.965. The van der Waals surface area contributed by atoms with Crippen molar-refractivity contribution in [3.63, 3.8) is 0 Å². The third kappa shape index (κ3) is 3.41. The number of hydrogen-bond acceptors (Lipinski definition) is 2. The van der Waals surface area contributed by atoms with E-state index in [1.54, 1.807) is 18.2 Å². The molecule has 2 unspecified atom stereocenters. The van der Waals surface area contributed by atoms with E-state index in [1.807, 2.05) is 4.90 Å². The van der Waals surface area contributed by atoms with Gasteiger partial charge in [-0.2, -0.15) is 0 Å². The zero-order chi connectivity index (χ0) is 14.0. The largest absolute Gasteiger partial charge is 0.336 e. The quantitative estimate of drug-likeness (QED) is 0.912. The van der Waals surface area contributed by atoms with E-state index >= 15 is 0 Å². The maximum Gasteiger partial charge on any atom is 0.254 e. The lowest BCUT2D eigenvalue weighted by Gasteiger charge is -2.37. The molecule has 1 aromatic carbocycles. The summed E-state index contributed by atoms with van der Waals surface area (Å²) in [6.07, 6.45) is 2.07. The molecule has 0 radical (unpaired) electrons. The third-order valence-corrected chi connectivity index (χ3v) is 4.12. The molecular weight excluding hydrogens is 283 g/mol. The molecule has 0 aromatic heterocycles. The number of carbonyl (C=O) groups is 1. The second-order valence-electron chi connectivity index (χ2n) is 5.14. The first kappa shape index (κ1) is 14.6. The van der Waals surface area contributed by atoms with Gasteiger partial charge in [-0.15, -0.1) is 0 Å². The minimum absolute atomic E-state index is 0.0185. The van der Waals surface area contributed by atoms with Gasteiger partial charge in [-0.3, -0.25) is 4.79 Å². The van der Waals surface area contributed by atoms with Crippen molar-refractivity contribution in [2.75, 3.05) is 13.1 Å². The molecule has 1 amide bonds. The number of rotatable bonds is 2. The molecule has 1 heterocycles. The topological polar surface area (TPSA) is 46.3 Å². The molecule has 0 spiro atoms. The smallest absolute Gasteiger partial charge is 0.254 e. The fourth-order valence-electron chi connectivity index (χ4n) is 2.50. The lowest BCUT2D eigenvalue weighted by molar-refractivity contribution is 0.0567. The molecule has 0 bridgehead atoms. The summed E-state index contributed by atoms with van der Waals surface area (Å²) in [7, 11) is 0. The highest BCUT2D eigenvalue weighted by molar-refractivity contribution is 6.35. The highest BCUT2D eigenvalue weighted by atomic mass is 35.5. The molecule has 0 aliphatic carbocycles. The average Bonchev–Trinajstić information content (AvgIpc) is 2.37. The Labute approximate surface area is 123 Å². The predicted molar refractivity (Wildman–Crippen MR) is 78.7 cm³/mol. The summed E-state index contributed by atoms with van der Waals surface area (Å²) in [5.41, 5.74) is 6.26. The first-order valence-corrected chi connectivity index (χ1v) is 7.24. The van der Waals surface area contributed by atoms with Crippen molar-refractivity contribution in [1.29, 1.82) is 0 Å². The van der Waals surface area contributed by atoms with Gasteiger partial charge in [0.05, 0.1) is 0 Å². The summed E-state index contributed by atoms with van der Waals surface area (Å²) < 4.78 is 0. The van der Waals surface area contributed by atoms with Crippen molar-refractivity contribution in [1.82, 2.24) is 4.90 Å². The Kier molecular flexibility index (Phi) is 4.71. The Morgan fingerprint density at radius 3 is 2.53 bits per heavy atom. The van der Waals surface area contributed by atoms with Crippen molar-refractivity contribution >= 4 is 29.1 Å². The van der Waals surface area contributed by atoms with E-state index in [0.717, 1.165) is 12.8 Å². The van der Waals surface area contributed by atoms with Crippen LogP contribution in [0.3, 0.4) is 0 Å². The van der Waals surface area contributed by atoms with Crippen molar-refractivity contribution in [2.24, 2.45) is 11.7 Å². The lowest BCUT2D eigenvalue weighted by Crippen LogP contribution is -2.47. The number of halogens is 2. The summed E-state index contributed by atoms with van der Waals surface area (Å²) >= 11 is 11.9. The van der Waals surface area contributed by atoms with Crippen LogP contribution in [0.4, 0.5) is 0 Å². The number of benzene rings is 1. The molecule has 2 atom stereocenters. The van der Waals surface area contributed by atoms with Gasteiger partial charge in [0.15, 0.2) is 0 Å². The molecule has 1 aliphatic heterocycles. The molecule has 3 nitrogen and oxygen atoms in total. The van der Waals surface area contributed by atoms with E-state index in [2.05, 4.69) is 6.92 Å². The third-order valence-electron chi connectivity index (χ3n) is 3.68. The molecule has 104 valence electrons. The van der Waals surface area contributed by atoms with Crippen LogP contribution in [-0.2, 0) is 0 Å². The van der Waals surface area contributed by atoms with Crippen LogP contribution in [0.25, 0.3) is 0 Å². The minimum atomic E-state index is -0.0185. The van der Waals surface area contributed by atoms with Gasteiger partial charge in [0, 0.05) is 28.2 Å². The number of likely N-dealkylation sites (tertiary alicyclic amines) is 1. The van der Waals surface area contributed by atoms with E-state index < -0.39 is 0 Å². The summed E-state index contributed by atoms with van der Waals surface area (Å²) in [4.78, 5) is 14.4. The number of nitrogens with zero attached hydrogens (tertiary/aromatic N) is 1. The van der Waals surface area contributed by atoms with Crippen molar-refractivity contribution in [3.8, 4) is 0 Å². The normalized spacial score (nSPS) is 23.5. The molecule has 1 saturated heterocycles. The van der Waals surface area contributed by atoms with Gasteiger partial charge in [-0.1, -0.05) is 23.2 Å².